The largest absolute Gasteiger partial charge is 0.488 e. The molecule has 6 nitrogen and oxygen atoms in total. The van der Waals surface area contributed by atoms with Gasteiger partial charge in [-0.25, -0.2) is 4.98 Å². The lowest BCUT2D eigenvalue weighted by atomic mass is 9.88. The van der Waals surface area contributed by atoms with E-state index < -0.39 is 0 Å². The van der Waals surface area contributed by atoms with E-state index in [9.17, 15) is 4.79 Å². The normalized spacial score (nSPS) is 14.4. The van der Waals surface area contributed by atoms with Gasteiger partial charge in [0, 0.05) is 41.8 Å². The first-order valence-corrected chi connectivity index (χ1v) is 13.5. The number of halogens is 1. The molecule has 7 heteroatoms. The third-order valence-electron chi connectivity index (χ3n) is 6.88. The number of fused-ring (bicyclic) bond motifs is 1. The highest BCUT2D eigenvalue weighted by Crippen LogP contribution is 2.32. The molecule has 0 amide bonds. The standard InChI is InChI=1S/C30H31BrN4O2/c1-34(2)25-17-14-23(28(18-25)37-20-21-12-15-24(31)16-13-21)19-32-35-29(22-8-4-3-5-9-22)33-27-11-7-6-10-26(27)30(35)36/h6-7,10-19,22H,3-5,8-9,20H2,1-2H3. The Balaban J connectivity index is 1.53. The van der Waals surface area contributed by atoms with Gasteiger partial charge in [-0.05, 0) is 54.8 Å². The minimum absolute atomic E-state index is 0.135. The highest BCUT2D eigenvalue weighted by Gasteiger charge is 2.22. The summed E-state index contributed by atoms with van der Waals surface area (Å²) in [6, 6.07) is 21.6. The van der Waals surface area contributed by atoms with E-state index >= 15 is 0 Å². The Labute approximate surface area is 225 Å². The number of rotatable bonds is 7. The van der Waals surface area contributed by atoms with Crippen LogP contribution >= 0.6 is 15.9 Å². The molecule has 1 heterocycles. The molecule has 1 fully saturated rings. The van der Waals surface area contributed by atoms with Gasteiger partial charge in [0.2, 0.25) is 0 Å². The van der Waals surface area contributed by atoms with Gasteiger partial charge < -0.3 is 9.64 Å². The Morgan fingerprint density at radius 2 is 1.81 bits per heavy atom. The van der Waals surface area contributed by atoms with Crippen molar-refractivity contribution in [3.63, 3.8) is 0 Å². The number of hydrogen-bond donors (Lipinski definition) is 0. The minimum atomic E-state index is -0.135. The van der Waals surface area contributed by atoms with Gasteiger partial charge in [-0.15, -0.1) is 0 Å². The first-order valence-electron chi connectivity index (χ1n) is 12.7. The van der Waals surface area contributed by atoms with Crippen molar-refractivity contribution in [1.29, 1.82) is 0 Å². The van der Waals surface area contributed by atoms with E-state index in [1.165, 1.54) is 11.1 Å². The fraction of sp³-hybridized carbons (Fsp3) is 0.300. The summed E-state index contributed by atoms with van der Waals surface area (Å²) in [7, 11) is 4.00. The molecule has 0 unspecified atom stereocenters. The summed E-state index contributed by atoms with van der Waals surface area (Å²) in [5.41, 5.74) is 3.49. The van der Waals surface area contributed by atoms with Gasteiger partial charge in [0.05, 0.1) is 17.1 Å². The van der Waals surface area contributed by atoms with Gasteiger partial charge >= 0.3 is 0 Å². The zero-order chi connectivity index (χ0) is 25.8. The Hall–Kier alpha value is -3.45. The molecule has 190 valence electrons. The van der Waals surface area contributed by atoms with E-state index in [4.69, 9.17) is 14.8 Å². The molecule has 0 spiro atoms. The Morgan fingerprint density at radius 3 is 2.57 bits per heavy atom. The summed E-state index contributed by atoms with van der Waals surface area (Å²) < 4.78 is 8.79. The maximum absolute atomic E-state index is 13.5. The molecule has 1 saturated carbocycles. The van der Waals surface area contributed by atoms with Crippen molar-refractivity contribution in [1.82, 2.24) is 9.66 Å². The van der Waals surface area contributed by atoms with Gasteiger partial charge in [-0.3, -0.25) is 4.79 Å². The van der Waals surface area contributed by atoms with Crippen LogP contribution in [0.3, 0.4) is 0 Å². The van der Waals surface area contributed by atoms with E-state index in [-0.39, 0.29) is 11.5 Å². The SMILES string of the molecule is CN(C)c1ccc(C=Nn2c(C3CCCCC3)nc3ccccc3c2=O)c(OCc2ccc(Br)cc2)c1. The first kappa shape index (κ1) is 25.2. The van der Waals surface area contributed by atoms with Crippen LogP contribution in [-0.4, -0.2) is 30.0 Å². The quantitative estimate of drug-likeness (QED) is 0.236. The minimum Gasteiger partial charge on any atom is -0.488 e. The van der Waals surface area contributed by atoms with Crippen molar-refractivity contribution in [2.45, 2.75) is 44.6 Å². The number of benzene rings is 3. The fourth-order valence-corrected chi connectivity index (χ4v) is 5.04. The average molecular weight is 560 g/mol. The second kappa shape index (κ2) is 11.3. The van der Waals surface area contributed by atoms with Crippen LogP contribution in [0.4, 0.5) is 5.69 Å². The highest BCUT2D eigenvalue weighted by atomic mass is 79.9. The summed E-state index contributed by atoms with van der Waals surface area (Å²) in [6.07, 6.45) is 7.31. The van der Waals surface area contributed by atoms with E-state index in [2.05, 4.69) is 15.9 Å². The van der Waals surface area contributed by atoms with Gasteiger partial charge in [-0.2, -0.15) is 9.78 Å². The maximum atomic E-state index is 13.5. The summed E-state index contributed by atoms with van der Waals surface area (Å²) in [5.74, 6) is 1.69. The molecule has 3 aromatic carbocycles. The van der Waals surface area contributed by atoms with Crippen LogP contribution < -0.4 is 15.2 Å². The van der Waals surface area contributed by atoms with Crippen LogP contribution in [0.15, 0.2) is 81.1 Å². The smallest absolute Gasteiger partial charge is 0.282 e. The third kappa shape index (κ3) is 5.77. The lowest BCUT2D eigenvalue weighted by Gasteiger charge is -2.22. The van der Waals surface area contributed by atoms with E-state index in [1.807, 2.05) is 85.7 Å². The van der Waals surface area contributed by atoms with Crippen molar-refractivity contribution in [3.05, 3.63) is 98.5 Å². The highest BCUT2D eigenvalue weighted by molar-refractivity contribution is 9.10. The van der Waals surface area contributed by atoms with Gasteiger partial charge in [0.15, 0.2) is 0 Å². The predicted molar refractivity (Wildman–Crippen MR) is 154 cm³/mol. The zero-order valence-electron chi connectivity index (χ0n) is 21.2. The van der Waals surface area contributed by atoms with Gasteiger partial charge in [-0.1, -0.05) is 59.5 Å². The molecule has 1 aliphatic carbocycles. The molecular formula is C30H31BrN4O2. The van der Waals surface area contributed by atoms with E-state index in [0.29, 0.717) is 17.7 Å². The second-order valence-corrected chi connectivity index (χ2v) is 10.6. The lowest BCUT2D eigenvalue weighted by Crippen LogP contribution is -2.25. The summed E-state index contributed by atoms with van der Waals surface area (Å²) >= 11 is 3.48. The zero-order valence-corrected chi connectivity index (χ0v) is 22.8. The van der Waals surface area contributed by atoms with Crippen LogP contribution in [-0.2, 0) is 6.61 Å². The molecule has 1 aliphatic rings. The maximum Gasteiger partial charge on any atom is 0.282 e. The average Bonchev–Trinajstić information content (AvgIpc) is 2.93. The number of aromatic nitrogens is 2. The topological polar surface area (TPSA) is 59.7 Å². The molecule has 0 bridgehead atoms. The number of nitrogens with zero attached hydrogens (tertiary/aromatic N) is 4. The number of anilines is 1. The fourth-order valence-electron chi connectivity index (χ4n) is 4.77. The predicted octanol–water partition coefficient (Wildman–Crippen LogP) is 6.73. The molecule has 5 rings (SSSR count). The van der Waals surface area contributed by atoms with Crippen molar-refractivity contribution in [2.75, 3.05) is 19.0 Å². The molecule has 0 aliphatic heterocycles. The summed E-state index contributed by atoms with van der Waals surface area (Å²) in [6.45, 7) is 0.426. The molecule has 0 atom stereocenters. The van der Waals surface area contributed by atoms with Crippen molar-refractivity contribution >= 4 is 38.7 Å². The Bertz CT molecular complexity index is 1470. The monoisotopic (exact) mass is 558 g/mol. The van der Waals surface area contributed by atoms with Crippen molar-refractivity contribution in [3.8, 4) is 5.75 Å². The Morgan fingerprint density at radius 1 is 1.05 bits per heavy atom. The lowest BCUT2D eigenvalue weighted by molar-refractivity contribution is 0.306. The third-order valence-corrected chi connectivity index (χ3v) is 7.41. The van der Waals surface area contributed by atoms with E-state index in [1.54, 1.807) is 6.21 Å². The van der Waals surface area contributed by atoms with Crippen LogP contribution in [0.25, 0.3) is 10.9 Å². The van der Waals surface area contributed by atoms with Crippen molar-refractivity contribution < 1.29 is 4.74 Å². The van der Waals surface area contributed by atoms with E-state index in [0.717, 1.165) is 58.3 Å². The molecule has 4 aromatic rings. The van der Waals surface area contributed by atoms with Crippen molar-refractivity contribution in [2.24, 2.45) is 5.10 Å². The summed E-state index contributed by atoms with van der Waals surface area (Å²) in [4.78, 5) is 20.5. The molecular weight excluding hydrogens is 528 g/mol. The Kier molecular flexibility index (Phi) is 7.70. The molecule has 0 radical (unpaired) electrons. The van der Waals surface area contributed by atoms with Crippen LogP contribution in [0, 0.1) is 0 Å². The number of hydrogen-bond acceptors (Lipinski definition) is 5. The van der Waals surface area contributed by atoms with Gasteiger partial charge in [0.1, 0.15) is 18.2 Å². The van der Waals surface area contributed by atoms with Crippen LogP contribution in [0.5, 0.6) is 5.75 Å². The second-order valence-electron chi connectivity index (χ2n) is 9.72. The summed E-state index contributed by atoms with van der Waals surface area (Å²) in [5, 5.41) is 5.30. The molecule has 1 aromatic heterocycles. The molecule has 0 saturated heterocycles. The van der Waals surface area contributed by atoms with Crippen LogP contribution in [0.2, 0.25) is 0 Å². The first-order chi connectivity index (χ1) is 18.0. The molecule has 37 heavy (non-hydrogen) atoms. The number of ether oxygens (including phenoxy) is 1. The van der Waals surface area contributed by atoms with Crippen LogP contribution in [0.1, 0.15) is 55.0 Å². The molecule has 0 N–H and O–H groups in total. The van der Waals surface area contributed by atoms with Gasteiger partial charge in [0.25, 0.3) is 5.56 Å². The number of para-hydroxylation sites is 1.